The molecule has 0 saturated heterocycles. The molecule has 5 heteroatoms. The average molecular weight is 1100 g/mol. The average Bonchev–Trinajstić information content (AvgIpc) is 3.36. The van der Waals surface area contributed by atoms with Crippen LogP contribution in [0.3, 0.4) is 0 Å². The Labute approximate surface area is 437 Å². The van der Waals surface area contributed by atoms with Gasteiger partial charge in [-0.25, -0.2) is 4.98 Å². The predicted octanol–water partition coefficient (Wildman–Crippen LogP) is 17.1. The molecule has 0 aliphatic heterocycles. The largest absolute Gasteiger partial charge is 0.507 e. The van der Waals surface area contributed by atoms with Crippen LogP contribution in [-0.4, -0.2) is 19.6 Å². The van der Waals surface area contributed by atoms with E-state index < -0.39 is 31.4 Å². The first kappa shape index (κ1) is 38.5. The number of fused-ring (bicyclic) bond motifs is 1. The number of aromatic nitrogens is 3. The molecule has 7 aromatic carbocycles. The van der Waals surface area contributed by atoms with Gasteiger partial charge >= 0.3 is 0 Å². The Kier molecular flexibility index (Phi) is 10.3. The number of phenols is 1. The zero-order valence-electron chi connectivity index (χ0n) is 49.7. The van der Waals surface area contributed by atoms with Crippen LogP contribution in [0.5, 0.6) is 5.75 Å². The van der Waals surface area contributed by atoms with E-state index in [0.29, 0.717) is 39.3 Å². The maximum absolute atomic E-state index is 12.6. The van der Waals surface area contributed by atoms with Gasteiger partial charge in [-0.3, -0.25) is 9.55 Å². The summed E-state index contributed by atoms with van der Waals surface area (Å²) in [7, 11) is 0. The Bertz CT molecular complexity index is 3620. The summed E-state index contributed by atoms with van der Waals surface area (Å²) in [6.45, 7) is 9.41. The van der Waals surface area contributed by atoms with Crippen molar-refractivity contribution in [2.45, 2.75) is 105 Å². The predicted molar refractivity (Wildman–Crippen MR) is 287 cm³/mol. The van der Waals surface area contributed by atoms with Crippen molar-refractivity contribution in [2.75, 3.05) is 0 Å². The topological polar surface area (TPSA) is 50.9 Å². The minimum atomic E-state index is -3.38. The number of benzene rings is 7. The zero-order valence-corrected chi connectivity index (χ0v) is 43.0. The summed E-state index contributed by atoms with van der Waals surface area (Å²) in [6.07, 6.45) is 1.66. The molecule has 2 heterocycles. The molecule has 0 amide bonds. The third-order valence-electron chi connectivity index (χ3n) is 12.8. The number of aromatic hydroxyl groups is 1. The van der Waals surface area contributed by atoms with Gasteiger partial charge in [0.25, 0.3) is 0 Å². The van der Waals surface area contributed by atoms with Crippen molar-refractivity contribution in [2.24, 2.45) is 0 Å². The van der Waals surface area contributed by atoms with Gasteiger partial charge in [0.15, 0.2) is 0 Å². The molecule has 1 N–H and O–H groups in total. The van der Waals surface area contributed by atoms with E-state index in [9.17, 15) is 5.11 Å². The Balaban J connectivity index is 0.00000803. The van der Waals surface area contributed by atoms with Crippen molar-refractivity contribution in [1.82, 2.24) is 14.5 Å². The molecule has 9 rings (SSSR count). The summed E-state index contributed by atoms with van der Waals surface area (Å²) in [5, 5.41) is 12.6. The van der Waals surface area contributed by atoms with E-state index >= 15 is 0 Å². The van der Waals surface area contributed by atoms with Crippen LogP contribution in [0.4, 0.5) is 0 Å². The monoisotopic (exact) mass is 1090 g/mol. The Morgan fingerprint density at radius 1 is 0.493 bits per heavy atom. The minimum absolute atomic E-state index is 0. The maximum atomic E-state index is 12.6. The Hall–Kier alpha value is -6.35. The second kappa shape index (κ2) is 18.5. The van der Waals surface area contributed by atoms with Crippen molar-refractivity contribution in [1.29, 1.82) is 0 Å². The number of phenolic OH excluding ortho intramolecular Hbond substituents is 1. The fourth-order valence-electron chi connectivity index (χ4n) is 9.01. The van der Waals surface area contributed by atoms with Crippen LogP contribution in [0.1, 0.15) is 117 Å². The van der Waals surface area contributed by atoms with E-state index in [-0.39, 0.29) is 43.2 Å². The van der Waals surface area contributed by atoms with Gasteiger partial charge in [0, 0.05) is 50.9 Å². The van der Waals surface area contributed by atoms with Gasteiger partial charge in [-0.15, -0.1) is 23.8 Å². The molecule has 0 bridgehead atoms. The first-order chi connectivity index (χ1) is 35.9. The first-order valence-electron chi connectivity index (χ1n) is 27.7. The van der Waals surface area contributed by atoms with Gasteiger partial charge in [0.2, 0.25) is 0 Å². The molecule has 352 valence electrons. The maximum Gasteiger partial charge on any atom is 0.148 e. The third kappa shape index (κ3) is 9.93. The van der Waals surface area contributed by atoms with Crippen LogP contribution in [0.25, 0.3) is 83.9 Å². The number of imidazole rings is 1. The van der Waals surface area contributed by atoms with E-state index in [4.69, 9.17) is 22.3 Å². The minimum Gasteiger partial charge on any atom is -0.507 e. The molecule has 0 spiro atoms. The quantitative estimate of drug-likeness (QED) is 0.162. The van der Waals surface area contributed by atoms with Crippen LogP contribution in [0.15, 0.2) is 164 Å². The van der Waals surface area contributed by atoms with Crippen LogP contribution < -0.4 is 0 Å². The molecule has 0 unspecified atom stereocenters. The van der Waals surface area contributed by atoms with Crippen molar-refractivity contribution >= 4 is 11.0 Å². The molecule has 0 aliphatic rings. The van der Waals surface area contributed by atoms with E-state index in [0.717, 1.165) is 61.3 Å². The number of hydrogen-bond donors (Lipinski definition) is 1. The normalized spacial score (nSPS) is 14.8. The van der Waals surface area contributed by atoms with Crippen LogP contribution in [0, 0.1) is 6.07 Å². The molecule has 9 aromatic rings. The second-order valence-electron chi connectivity index (χ2n) is 21.0. The number of hydrogen-bond acceptors (Lipinski definition) is 3. The molecule has 0 radical (unpaired) electrons. The number of rotatable bonds is 7. The Morgan fingerprint density at radius 3 is 1.71 bits per heavy atom. The molecule has 0 atom stereocenters. The summed E-state index contributed by atoms with van der Waals surface area (Å²) in [5.74, 6) is 0.765. The standard InChI is InChI=1S/C64H64N3O.Pt/c1-61(2,3)49-29-26-43(27-30-49)45-32-33-65-55(38-45)48-35-46(42-22-17-14-18-23-42)34-47(36-48)51-24-19-25-57-58(51)66-60(52-39-50(62(4,5)6)40-54(59(52)68)64(10,11)12)67(57)56-31-28-44(37-53(56)63(7,8)9)41-20-15-13-16-21-41;/h13-35,37-40,68H,1-12H3;/q-1;/i1D3,2D3,3D3;. The molecule has 2 aromatic heterocycles. The van der Waals surface area contributed by atoms with Crippen molar-refractivity contribution in [3.05, 3.63) is 192 Å². The fourth-order valence-corrected chi connectivity index (χ4v) is 9.01. The number of pyridine rings is 1. The fraction of sp³-hybridized carbons (Fsp3) is 0.250. The van der Waals surface area contributed by atoms with E-state index in [1.807, 2.05) is 72.8 Å². The summed E-state index contributed by atoms with van der Waals surface area (Å²) in [6, 6.07) is 54.6. The molecular weight excluding hydrogens is 1020 g/mol. The van der Waals surface area contributed by atoms with Gasteiger partial charge in [0.05, 0.1) is 22.3 Å². The molecule has 0 fully saturated rings. The molecule has 0 saturated carbocycles. The van der Waals surface area contributed by atoms with Gasteiger partial charge in [-0.1, -0.05) is 215 Å². The molecular formula is C64H64N3OPt-. The van der Waals surface area contributed by atoms with Gasteiger partial charge in [-0.2, -0.15) is 0 Å². The van der Waals surface area contributed by atoms with Gasteiger partial charge < -0.3 is 5.11 Å². The SMILES string of the molecule is [2H]C([2H])([2H])C(c1ccc(-c2ccnc(-c3[c-]c(-c4cccc5c4nc(-c4cc(C(C)(C)C)cc(C(C)(C)C)c4O)n5-c4ccc(-c5ccccc5)cc4C(C)(C)C)cc(-c4ccccc4)c3)c2)cc1)(C([2H])([2H])[2H])C([2H])([2H])[2H].[Pt]. The second-order valence-corrected chi connectivity index (χ2v) is 21.0. The number of para-hydroxylation sites is 1. The smallest absolute Gasteiger partial charge is 0.148 e. The van der Waals surface area contributed by atoms with Crippen LogP contribution in [-0.2, 0) is 42.7 Å². The summed E-state index contributed by atoms with van der Waals surface area (Å²) < 4.78 is 76.3. The molecule has 4 nitrogen and oxygen atoms in total. The molecule has 69 heavy (non-hydrogen) atoms. The van der Waals surface area contributed by atoms with E-state index in [1.165, 1.54) is 12.1 Å². The number of nitrogens with zero attached hydrogens (tertiary/aromatic N) is 3. The third-order valence-corrected chi connectivity index (χ3v) is 12.8. The van der Waals surface area contributed by atoms with Gasteiger partial charge in [0.1, 0.15) is 11.6 Å². The van der Waals surface area contributed by atoms with E-state index in [2.05, 4.69) is 128 Å². The van der Waals surface area contributed by atoms with Crippen molar-refractivity contribution < 1.29 is 38.5 Å². The Morgan fingerprint density at radius 2 is 1.09 bits per heavy atom. The van der Waals surface area contributed by atoms with Crippen molar-refractivity contribution in [3.8, 4) is 78.6 Å². The van der Waals surface area contributed by atoms with Gasteiger partial charge in [-0.05, 0) is 96.5 Å². The van der Waals surface area contributed by atoms with E-state index in [1.54, 1.807) is 24.4 Å². The summed E-state index contributed by atoms with van der Waals surface area (Å²) in [5.41, 5.74) is 9.73. The molecule has 0 aliphatic carbocycles. The summed E-state index contributed by atoms with van der Waals surface area (Å²) in [4.78, 5) is 10.5. The van der Waals surface area contributed by atoms with Crippen LogP contribution in [0.2, 0.25) is 0 Å². The first-order valence-corrected chi connectivity index (χ1v) is 23.2. The summed E-state index contributed by atoms with van der Waals surface area (Å²) >= 11 is 0. The zero-order chi connectivity index (χ0) is 55.8. The van der Waals surface area contributed by atoms with Crippen molar-refractivity contribution in [3.63, 3.8) is 0 Å². The van der Waals surface area contributed by atoms with Crippen LogP contribution >= 0.6 is 0 Å².